The average Bonchev–Trinajstić information content (AvgIpc) is 2.54. The molecule has 1 aliphatic heterocycles. The van der Waals surface area contributed by atoms with Gasteiger partial charge in [0, 0.05) is 17.1 Å². The van der Waals surface area contributed by atoms with E-state index in [2.05, 4.69) is 10.6 Å². The quantitative estimate of drug-likeness (QED) is 0.480. The van der Waals surface area contributed by atoms with Gasteiger partial charge in [-0.25, -0.2) is 4.79 Å². The number of rotatable bonds is 7. The second-order valence-electron chi connectivity index (χ2n) is 11.4. The van der Waals surface area contributed by atoms with Gasteiger partial charge in [-0.15, -0.1) is 0 Å². The van der Waals surface area contributed by atoms with Crippen LogP contribution >= 0.6 is 0 Å². The fourth-order valence-corrected chi connectivity index (χ4v) is 4.12. The van der Waals surface area contributed by atoms with Gasteiger partial charge in [0.25, 0.3) is 5.91 Å². The molecule has 1 aliphatic rings. The Morgan fingerprint density at radius 2 is 1.66 bits per heavy atom. The van der Waals surface area contributed by atoms with E-state index in [1.807, 2.05) is 13.8 Å². The maximum absolute atomic E-state index is 14.6. The number of nitrogens with zero attached hydrogens (tertiary/aromatic N) is 1. The summed E-state index contributed by atoms with van der Waals surface area (Å²) >= 11 is 0. The fraction of sp³-hybridized carbons (Fsp3) is 0.826. The molecule has 1 rings (SSSR count). The van der Waals surface area contributed by atoms with Crippen LogP contribution in [0.2, 0.25) is 0 Å². The molecule has 0 aromatic rings. The average molecular weight is 462 g/mol. The van der Waals surface area contributed by atoms with Crippen LogP contribution in [0.25, 0.3) is 0 Å². The zero-order chi connectivity index (χ0) is 25.1. The number of carbonyl (C=O) groups excluding carboxylic acids is 2. The number of hydroxylamine groups is 2. The molecule has 1 fully saturated rings. The molecule has 3 N–H and O–H groups in total. The molecule has 1 atom stereocenters. The summed E-state index contributed by atoms with van der Waals surface area (Å²) in [6.07, 6.45) is 2.03. The van der Waals surface area contributed by atoms with Crippen LogP contribution in [0.5, 0.6) is 0 Å². The number of amides is 2. The van der Waals surface area contributed by atoms with Crippen molar-refractivity contribution < 1.29 is 28.3 Å². The molecule has 0 bridgehead atoms. The Labute approximate surface area is 190 Å². The topological polar surface area (TPSA) is 90.9 Å². The second kappa shape index (κ2) is 10.0. The Morgan fingerprint density at radius 1 is 1.16 bits per heavy atom. The van der Waals surface area contributed by atoms with Gasteiger partial charge in [-0.05, 0) is 79.7 Å². The number of carbonyl (C=O) groups is 2. The van der Waals surface area contributed by atoms with Crippen molar-refractivity contribution in [2.75, 3.05) is 0 Å². The van der Waals surface area contributed by atoms with Crippen LogP contribution in [0.15, 0.2) is 12.2 Å². The minimum Gasteiger partial charge on any atom is -0.444 e. The number of hydrogen-bond acceptors (Lipinski definition) is 5. The first-order valence-corrected chi connectivity index (χ1v) is 11.1. The number of ether oxygens (including phenoxy) is 1. The minimum atomic E-state index is -3.75. The minimum absolute atomic E-state index is 0.121. The van der Waals surface area contributed by atoms with Gasteiger partial charge in [-0.3, -0.25) is 4.79 Å². The molecule has 7 nitrogen and oxygen atoms in total. The normalized spacial score (nSPS) is 20.9. The summed E-state index contributed by atoms with van der Waals surface area (Å²) in [6, 6.07) is -1.22. The predicted octanol–water partition coefficient (Wildman–Crippen LogP) is 4.64. The third-order valence-corrected chi connectivity index (χ3v) is 5.24. The van der Waals surface area contributed by atoms with Gasteiger partial charge in [0.05, 0.1) is 6.04 Å². The molecule has 0 saturated carbocycles. The van der Waals surface area contributed by atoms with Crippen LogP contribution in [-0.2, 0) is 9.53 Å². The van der Waals surface area contributed by atoms with E-state index in [0.717, 1.165) is 6.08 Å². The largest absolute Gasteiger partial charge is 0.444 e. The number of nitrogens with one attached hydrogen (secondary N) is 2. The maximum Gasteiger partial charge on any atom is 0.408 e. The van der Waals surface area contributed by atoms with Crippen LogP contribution in [0.1, 0.15) is 81.6 Å². The highest BCUT2D eigenvalue weighted by molar-refractivity contribution is 5.85. The number of hydrogen-bond donors (Lipinski definition) is 3. The SMILES string of the molecule is CC(C)C[C@H](/C=C/C(F)(F)C(=O)NC1CC(C)(C)N(O)C(C)(C)C1)NC(=O)OC(C)(C)C. The van der Waals surface area contributed by atoms with E-state index in [4.69, 9.17) is 4.74 Å². The summed E-state index contributed by atoms with van der Waals surface area (Å²) in [5, 5.41) is 16.6. The summed E-state index contributed by atoms with van der Waals surface area (Å²) in [7, 11) is 0. The molecule has 0 spiro atoms. The van der Waals surface area contributed by atoms with Gasteiger partial charge in [0.15, 0.2) is 0 Å². The van der Waals surface area contributed by atoms with Crippen molar-refractivity contribution in [2.24, 2.45) is 5.92 Å². The molecule has 0 aromatic heterocycles. The van der Waals surface area contributed by atoms with Gasteiger partial charge < -0.3 is 20.6 Å². The fourth-order valence-electron chi connectivity index (χ4n) is 4.12. The number of alkyl carbamates (subject to hydrolysis) is 1. The molecular weight excluding hydrogens is 420 g/mol. The highest BCUT2D eigenvalue weighted by Gasteiger charge is 2.47. The lowest BCUT2D eigenvalue weighted by atomic mass is 9.79. The predicted molar refractivity (Wildman–Crippen MR) is 120 cm³/mol. The zero-order valence-electron chi connectivity index (χ0n) is 20.9. The standard InChI is InChI=1S/C23H41F2N3O4/c1-15(2)12-16(27-19(30)32-20(3,4)5)10-11-23(24,25)18(29)26-17-13-21(6,7)28(31)22(8,9)14-17/h10-11,15-17,31H,12-14H2,1-9H3,(H,26,29)(H,27,30)/b11-10+/t16-/m0/s1. The first-order valence-electron chi connectivity index (χ1n) is 11.1. The Hall–Kier alpha value is -1.74. The summed E-state index contributed by atoms with van der Waals surface area (Å²) in [5.41, 5.74) is -2.07. The Kier molecular flexibility index (Phi) is 8.87. The lowest BCUT2D eigenvalue weighted by molar-refractivity contribution is -0.246. The molecule has 32 heavy (non-hydrogen) atoms. The number of halogens is 2. The summed E-state index contributed by atoms with van der Waals surface area (Å²) in [6.45, 7) is 16.1. The molecule has 0 aromatic carbocycles. The number of piperidine rings is 1. The van der Waals surface area contributed by atoms with E-state index >= 15 is 0 Å². The Morgan fingerprint density at radius 3 is 2.09 bits per heavy atom. The summed E-state index contributed by atoms with van der Waals surface area (Å²) in [5.74, 6) is -5.04. The van der Waals surface area contributed by atoms with Crippen LogP contribution in [-0.4, -0.2) is 57.0 Å². The first-order chi connectivity index (χ1) is 14.2. The molecule has 0 unspecified atom stereocenters. The highest BCUT2D eigenvalue weighted by Crippen LogP contribution is 2.37. The molecule has 1 saturated heterocycles. The van der Waals surface area contributed by atoms with Crippen LogP contribution in [0.4, 0.5) is 13.6 Å². The monoisotopic (exact) mass is 461 g/mol. The molecule has 186 valence electrons. The van der Waals surface area contributed by atoms with E-state index < -0.39 is 46.7 Å². The van der Waals surface area contributed by atoms with E-state index in [0.29, 0.717) is 25.3 Å². The molecule has 0 aliphatic carbocycles. The van der Waals surface area contributed by atoms with Gasteiger partial charge in [-0.1, -0.05) is 19.9 Å². The highest BCUT2D eigenvalue weighted by atomic mass is 19.3. The number of alkyl halides is 2. The Balaban J connectivity index is 2.88. The second-order valence-corrected chi connectivity index (χ2v) is 11.4. The lowest BCUT2D eigenvalue weighted by Crippen LogP contribution is -2.63. The molecule has 1 heterocycles. The smallest absolute Gasteiger partial charge is 0.408 e. The molecule has 9 heteroatoms. The van der Waals surface area contributed by atoms with Crippen molar-refractivity contribution in [3.05, 3.63) is 12.2 Å². The van der Waals surface area contributed by atoms with Gasteiger partial charge >= 0.3 is 12.0 Å². The van der Waals surface area contributed by atoms with Crippen LogP contribution < -0.4 is 10.6 Å². The van der Waals surface area contributed by atoms with Gasteiger partial charge in [0.2, 0.25) is 0 Å². The third-order valence-electron chi connectivity index (χ3n) is 5.24. The van der Waals surface area contributed by atoms with Crippen molar-refractivity contribution in [3.63, 3.8) is 0 Å². The van der Waals surface area contributed by atoms with E-state index in [-0.39, 0.29) is 5.92 Å². The van der Waals surface area contributed by atoms with Gasteiger partial charge in [0.1, 0.15) is 5.60 Å². The van der Waals surface area contributed by atoms with E-state index in [1.165, 1.54) is 5.06 Å². The summed E-state index contributed by atoms with van der Waals surface area (Å²) in [4.78, 5) is 24.4. The van der Waals surface area contributed by atoms with Crippen molar-refractivity contribution >= 4 is 12.0 Å². The van der Waals surface area contributed by atoms with Crippen LogP contribution in [0.3, 0.4) is 0 Å². The van der Waals surface area contributed by atoms with E-state index in [1.54, 1.807) is 48.5 Å². The van der Waals surface area contributed by atoms with Crippen molar-refractivity contribution in [1.82, 2.24) is 15.7 Å². The zero-order valence-corrected chi connectivity index (χ0v) is 20.9. The van der Waals surface area contributed by atoms with Crippen molar-refractivity contribution in [1.29, 1.82) is 0 Å². The Bertz CT molecular complexity index is 682. The van der Waals surface area contributed by atoms with E-state index in [9.17, 15) is 23.6 Å². The van der Waals surface area contributed by atoms with Crippen molar-refractivity contribution in [2.45, 2.75) is 116 Å². The van der Waals surface area contributed by atoms with Gasteiger partial charge in [-0.2, -0.15) is 13.8 Å². The summed E-state index contributed by atoms with van der Waals surface area (Å²) < 4.78 is 34.5. The molecule has 0 radical (unpaired) electrons. The molecule has 2 amide bonds. The van der Waals surface area contributed by atoms with Crippen LogP contribution in [0, 0.1) is 5.92 Å². The third kappa shape index (κ3) is 8.65. The maximum atomic E-state index is 14.6. The first kappa shape index (κ1) is 28.3. The molecular formula is C23H41F2N3O4. The van der Waals surface area contributed by atoms with Crippen molar-refractivity contribution in [3.8, 4) is 0 Å². The lowest BCUT2D eigenvalue weighted by Gasteiger charge is -2.51.